The summed E-state index contributed by atoms with van der Waals surface area (Å²) in [6, 6.07) is 1.46. The summed E-state index contributed by atoms with van der Waals surface area (Å²) in [4.78, 5) is 0. The predicted molar refractivity (Wildman–Crippen MR) is 51.6 cm³/mol. The molecule has 1 aromatic heterocycles. The average Bonchev–Trinajstić information content (AvgIpc) is 1.99. The van der Waals surface area contributed by atoms with E-state index in [2.05, 4.69) is 20.8 Å². The highest BCUT2D eigenvalue weighted by Crippen LogP contribution is 2.33. The summed E-state index contributed by atoms with van der Waals surface area (Å²) in [6.45, 7) is 8.29. The van der Waals surface area contributed by atoms with Gasteiger partial charge in [-0.1, -0.05) is 27.7 Å². The number of rotatable bonds is 1. The number of aromatic nitrogens is 1. The summed E-state index contributed by atoms with van der Waals surface area (Å²) >= 11 is 0. The Kier molecular flexibility index (Phi) is 2.79. The van der Waals surface area contributed by atoms with E-state index < -0.39 is 5.82 Å². The van der Waals surface area contributed by atoms with Crippen molar-refractivity contribution >= 4 is 0 Å². The Morgan fingerprint density at radius 3 is 2.36 bits per heavy atom. The molecule has 3 heteroatoms. The maximum atomic E-state index is 13.0. The lowest BCUT2D eigenvalue weighted by atomic mass is 9.78. The van der Waals surface area contributed by atoms with Crippen molar-refractivity contribution in [1.29, 1.82) is 0 Å². The lowest BCUT2D eigenvalue weighted by molar-refractivity contribution is -0.906. The monoisotopic (exact) mass is 198 g/mol. The molecule has 0 amide bonds. The van der Waals surface area contributed by atoms with E-state index >= 15 is 0 Å². The Balaban J connectivity index is 3.07. The van der Waals surface area contributed by atoms with Crippen LogP contribution in [0.1, 0.15) is 39.2 Å². The highest BCUT2D eigenvalue weighted by molar-refractivity contribution is 5.14. The molecule has 0 aliphatic heterocycles. The van der Waals surface area contributed by atoms with Crippen LogP contribution in [0.4, 0.5) is 4.39 Å². The molecule has 14 heavy (non-hydrogen) atoms. The van der Waals surface area contributed by atoms with Crippen LogP contribution in [0.5, 0.6) is 0 Å². The summed E-state index contributed by atoms with van der Waals surface area (Å²) in [5, 5.41) is 9.19. The van der Waals surface area contributed by atoms with Crippen molar-refractivity contribution in [2.75, 3.05) is 0 Å². The van der Waals surface area contributed by atoms with Gasteiger partial charge in [0, 0.05) is 10.3 Å². The van der Waals surface area contributed by atoms with Gasteiger partial charge in [-0.25, -0.2) is 4.39 Å². The number of hydrogen-bond donors (Lipinski definition) is 1. The molecule has 0 bridgehead atoms. The molecule has 0 saturated carbocycles. The van der Waals surface area contributed by atoms with E-state index in [1.807, 2.05) is 6.92 Å². The molecule has 78 valence electrons. The Morgan fingerprint density at radius 2 is 1.93 bits per heavy atom. The molecule has 1 rings (SSSR count). The third-order valence-corrected chi connectivity index (χ3v) is 2.64. The molecule has 0 radical (unpaired) electrons. The molecule has 0 aromatic carbocycles. The third-order valence-electron chi connectivity index (χ3n) is 2.64. The zero-order valence-corrected chi connectivity index (χ0v) is 9.08. The topological polar surface area (TPSA) is 24.1 Å². The van der Waals surface area contributed by atoms with Gasteiger partial charge in [0.05, 0.1) is 0 Å². The van der Waals surface area contributed by atoms with Crippen LogP contribution in [0, 0.1) is 11.2 Å². The predicted octanol–water partition coefficient (Wildman–Crippen LogP) is 2.50. The van der Waals surface area contributed by atoms with Crippen LogP contribution in [0.3, 0.4) is 0 Å². The van der Waals surface area contributed by atoms with Gasteiger partial charge in [0.15, 0.2) is 5.82 Å². The Morgan fingerprint density at radius 1 is 1.36 bits per heavy atom. The van der Waals surface area contributed by atoms with E-state index in [1.165, 1.54) is 6.07 Å². The van der Waals surface area contributed by atoms with E-state index in [1.54, 1.807) is 6.20 Å². The summed E-state index contributed by atoms with van der Waals surface area (Å²) in [6.07, 6.45) is 2.58. The molecule has 0 aliphatic carbocycles. The fourth-order valence-corrected chi connectivity index (χ4v) is 1.29. The van der Waals surface area contributed by atoms with Gasteiger partial charge in [0.1, 0.15) is 0 Å². The summed E-state index contributed by atoms with van der Waals surface area (Å²) in [7, 11) is 0. The SMILES string of the molecule is C[C@H](c1cc(F)c[n+](O)c1)C(C)(C)C. The van der Waals surface area contributed by atoms with Crippen LogP contribution in [-0.2, 0) is 0 Å². The van der Waals surface area contributed by atoms with Crippen molar-refractivity contribution in [3.8, 4) is 0 Å². The standard InChI is InChI=1S/C11H17FNO/c1-8(11(2,3)4)9-5-10(12)7-13(14)6-9/h5-8,14H,1-4H3/q+1/t8-/m1/s1. The number of nitrogens with zero attached hydrogens (tertiary/aromatic N) is 1. The lowest BCUT2D eigenvalue weighted by Crippen LogP contribution is -2.31. The van der Waals surface area contributed by atoms with Gasteiger partial charge in [-0.15, -0.1) is 0 Å². The first-order valence-electron chi connectivity index (χ1n) is 4.71. The first kappa shape index (κ1) is 11.0. The van der Waals surface area contributed by atoms with Gasteiger partial charge >= 0.3 is 0 Å². The second kappa shape index (κ2) is 3.56. The van der Waals surface area contributed by atoms with Crippen LogP contribution in [0.25, 0.3) is 0 Å². The minimum absolute atomic E-state index is 0.0563. The quantitative estimate of drug-likeness (QED) is 0.544. The molecule has 1 atom stereocenters. The minimum atomic E-state index is -0.416. The van der Waals surface area contributed by atoms with Crippen molar-refractivity contribution in [3.63, 3.8) is 0 Å². The van der Waals surface area contributed by atoms with Crippen molar-refractivity contribution in [2.45, 2.75) is 33.6 Å². The summed E-state index contributed by atoms with van der Waals surface area (Å²) in [5.41, 5.74) is 0.862. The molecule has 1 N–H and O–H groups in total. The Labute approximate surface area is 84.0 Å². The summed E-state index contributed by atoms with van der Waals surface area (Å²) < 4.78 is 13.8. The number of halogens is 1. The minimum Gasteiger partial charge on any atom is -0.285 e. The van der Waals surface area contributed by atoms with E-state index in [0.29, 0.717) is 0 Å². The molecule has 0 aliphatic rings. The van der Waals surface area contributed by atoms with Crippen LogP contribution < -0.4 is 4.73 Å². The first-order valence-corrected chi connectivity index (χ1v) is 4.71. The smallest absolute Gasteiger partial charge is 0.257 e. The molecular weight excluding hydrogens is 181 g/mol. The fourth-order valence-electron chi connectivity index (χ4n) is 1.29. The summed E-state index contributed by atoms with van der Waals surface area (Å²) in [5.74, 6) is -0.224. The molecule has 1 heterocycles. The molecule has 1 aromatic rings. The normalized spacial score (nSPS) is 14.1. The van der Waals surface area contributed by atoms with Crippen molar-refractivity contribution in [1.82, 2.24) is 0 Å². The van der Waals surface area contributed by atoms with Crippen molar-refractivity contribution in [3.05, 3.63) is 29.8 Å². The average molecular weight is 198 g/mol. The molecule has 0 unspecified atom stereocenters. The van der Waals surface area contributed by atoms with E-state index in [-0.39, 0.29) is 11.3 Å². The van der Waals surface area contributed by atoms with Gasteiger partial charge in [-0.05, 0) is 17.4 Å². The maximum Gasteiger partial charge on any atom is 0.257 e. The van der Waals surface area contributed by atoms with Gasteiger partial charge in [0.25, 0.3) is 6.20 Å². The second-order valence-electron chi connectivity index (χ2n) is 4.76. The van der Waals surface area contributed by atoms with Crippen LogP contribution in [0.2, 0.25) is 0 Å². The van der Waals surface area contributed by atoms with E-state index in [9.17, 15) is 9.60 Å². The maximum absolute atomic E-state index is 13.0. The highest BCUT2D eigenvalue weighted by Gasteiger charge is 2.24. The molecular formula is C11H17FNO+. The fraction of sp³-hybridized carbons (Fsp3) is 0.545. The Hall–Kier alpha value is -1.12. The van der Waals surface area contributed by atoms with Gasteiger partial charge in [-0.2, -0.15) is 0 Å². The van der Waals surface area contributed by atoms with E-state index in [0.717, 1.165) is 16.5 Å². The van der Waals surface area contributed by atoms with Gasteiger partial charge in [0.2, 0.25) is 6.20 Å². The highest BCUT2D eigenvalue weighted by atomic mass is 19.1. The number of pyridine rings is 1. The lowest BCUT2D eigenvalue weighted by Gasteiger charge is -2.26. The zero-order chi connectivity index (χ0) is 10.9. The van der Waals surface area contributed by atoms with Gasteiger partial charge < -0.3 is 0 Å². The number of hydrogen-bond acceptors (Lipinski definition) is 1. The second-order valence-corrected chi connectivity index (χ2v) is 4.76. The molecule has 0 fully saturated rings. The Bertz CT molecular complexity index is 310. The van der Waals surface area contributed by atoms with Crippen LogP contribution in [-0.4, -0.2) is 5.21 Å². The zero-order valence-electron chi connectivity index (χ0n) is 9.08. The molecule has 0 saturated heterocycles. The molecule has 2 nitrogen and oxygen atoms in total. The van der Waals surface area contributed by atoms with E-state index in [4.69, 9.17) is 0 Å². The largest absolute Gasteiger partial charge is 0.285 e. The van der Waals surface area contributed by atoms with Crippen molar-refractivity contribution < 1.29 is 14.3 Å². The van der Waals surface area contributed by atoms with Crippen molar-refractivity contribution in [2.24, 2.45) is 5.41 Å². The third kappa shape index (κ3) is 2.44. The molecule has 0 spiro atoms. The van der Waals surface area contributed by atoms with Crippen LogP contribution in [0.15, 0.2) is 18.5 Å². The van der Waals surface area contributed by atoms with Crippen LogP contribution >= 0.6 is 0 Å². The first-order chi connectivity index (χ1) is 6.30. The van der Waals surface area contributed by atoms with Gasteiger partial charge in [-0.3, -0.25) is 5.21 Å².